The van der Waals surface area contributed by atoms with Crippen molar-refractivity contribution in [3.8, 4) is 0 Å². The third kappa shape index (κ3) is 26.3. The molecule has 1 amide bonds. The summed E-state index contributed by atoms with van der Waals surface area (Å²) < 4.78 is 24.2. The lowest BCUT2D eigenvalue weighted by Crippen LogP contribution is -2.17. The van der Waals surface area contributed by atoms with E-state index in [1.54, 1.807) is 13.8 Å². The van der Waals surface area contributed by atoms with Gasteiger partial charge in [-0.25, -0.2) is 8.42 Å². The predicted molar refractivity (Wildman–Crippen MR) is 37.0 cm³/mol. The number of carbonyl (C=O) groups excluding carboxylic acids is 1. The zero-order valence-corrected chi connectivity index (χ0v) is 6.67. The molecule has 0 aromatic rings. The summed E-state index contributed by atoms with van der Waals surface area (Å²) >= 11 is 0. The van der Waals surface area contributed by atoms with Gasteiger partial charge < -0.3 is 5.73 Å². The molecule has 0 heterocycles. The van der Waals surface area contributed by atoms with Crippen molar-refractivity contribution in [3.63, 3.8) is 0 Å². The quantitative estimate of drug-likeness (QED) is 0.353. The summed E-state index contributed by atoms with van der Waals surface area (Å²) in [5.41, 5.74) is 4.80. The van der Waals surface area contributed by atoms with Crippen LogP contribution in [0.3, 0.4) is 0 Å². The molecule has 0 aliphatic heterocycles. The fourth-order valence-corrected chi connectivity index (χ4v) is 0. The van der Waals surface area contributed by atoms with E-state index in [0.29, 0.717) is 0 Å². The Morgan fingerprint density at radius 3 is 1.60 bits per heavy atom. The minimum absolute atomic E-state index is 0.00926. The molecule has 0 aliphatic carbocycles. The maximum Gasteiger partial charge on any atom is 0.254 e. The molecule has 0 saturated heterocycles. The van der Waals surface area contributed by atoms with Crippen molar-refractivity contribution < 1.29 is 17.8 Å². The van der Waals surface area contributed by atoms with Crippen molar-refractivity contribution in [3.05, 3.63) is 0 Å². The van der Waals surface area contributed by atoms with E-state index in [9.17, 15) is 4.79 Å². The first kappa shape index (κ1) is 12.1. The Bertz CT molecular complexity index is 155. The molecule has 0 aromatic carbocycles. The highest BCUT2D eigenvalue weighted by atomic mass is 32.2. The summed E-state index contributed by atoms with van der Waals surface area (Å²) in [6, 6.07) is 0. The fraction of sp³-hybridized carbons (Fsp3) is 0.750. The SMILES string of the molecule is CC(C)C(N)=O.O=[SH](=O)O. The van der Waals surface area contributed by atoms with Crippen LogP contribution in [0.5, 0.6) is 0 Å². The second kappa shape index (κ2) is 6.50. The molecule has 0 saturated carbocycles. The Labute approximate surface area is 61.0 Å². The maximum atomic E-state index is 9.92. The van der Waals surface area contributed by atoms with Crippen molar-refractivity contribution in [2.75, 3.05) is 0 Å². The Kier molecular flexibility index (Phi) is 7.86. The number of hydrogen-bond donors (Lipinski definition) is 3. The molecule has 10 heavy (non-hydrogen) atoms. The van der Waals surface area contributed by atoms with Gasteiger partial charge in [0.25, 0.3) is 11.0 Å². The Balaban J connectivity index is 0. The zero-order valence-electron chi connectivity index (χ0n) is 5.77. The third-order valence-electron chi connectivity index (χ3n) is 0.569. The number of rotatable bonds is 1. The van der Waals surface area contributed by atoms with Crippen LogP contribution in [0.2, 0.25) is 0 Å². The van der Waals surface area contributed by atoms with Crippen LogP contribution in [0.15, 0.2) is 0 Å². The van der Waals surface area contributed by atoms with Crippen LogP contribution in [0.4, 0.5) is 0 Å². The number of amides is 1. The zero-order chi connectivity index (χ0) is 8.73. The lowest BCUT2D eigenvalue weighted by Gasteiger charge is -1.90. The van der Waals surface area contributed by atoms with Gasteiger partial charge in [-0.1, -0.05) is 13.8 Å². The van der Waals surface area contributed by atoms with E-state index in [0.717, 1.165) is 0 Å². The molecule has 0 rings (SSSR count). The van der Waals surface area contributed by atoms with E-state index in [2.05, 4.69) is 0 Å². The van der Waals surface area contributed by atoms with Gasteiger partial charge >= 0.3 is 0 Å². The topological polar surface area (TPSA) is 97.5 Å². The van der Waals surface area contributed by atoms with Gasteiger partial charge in [0.2, 0.25) is 5.91 Å². The van der Waals surface area contributed by atoms with Crippen molar-refractivity contribution in [2.45, 2.75) is 13.8 Å². The minimum atomic E-state index is -3.12. The minimum Gasteiger partial charge on any atom is -0.369 e. The lowest BCUT2D eigenvalue weighted by molar-refractivity contribution is -0.120. The molecule has 0 radical (unpaired) electrons. The Hall–Kier alpha value is -0.620. The van der Waals surface area contributed by atoms with Gasteiger partial charge in [-0.15, -0.1) is 0 Å². The molecule has 0 atom stereocenters. The van der Waals surface area contributed by atoms with Crippen LogP contribution in [-0.4, -0.2) is 18.9 Å². The van der Waals surface area contributed by atoms with Gasteiger partial charge in [-0.05, 0) is 0 Å². The van der Waals surface area contributed by atoms with Crippen LogP contribution < -0.4 is 5.73 Å². The molecule has 0 aliphatic rings. The number of carbonyl (C=O) groups is 1. The molecule has 0 fully saturated rings. The maximum absolute atomic E-state index is 9.92. The fourth-order valence-electron chi connectivity index (χ4n) is 0. The average Bonchev–Trinajstić information content (AvgIpc) is 1.63. The molecule has 6 heteroatoms. The highest BCUT2D eigenvalue weighted by Gasteiger charge is 1.96. The first-order valence-electron chi connectivity index (χ1n) is 2.50. The first-order chi connectivity index (χ1) is 4.37. The summed E-state index contributed by atoms with van der Waals surface area (Å²) in [5, 5.41) is 0. The summed E-state index contributed by atoms with van der Waals surface area (Å²) in [5.74, 6) is -0.250. The second-order valence-corrected chi connectivity index (χ2v) is 2.27. The molecule has 0 unspecified atom stereocenters. The van der Waals surface area contributed by atoms with Gasteiger partial charge in [-0.3, -0.25) is 9.35 Å². The van der Waals surface area contributed by atoms with Gasteiger partial charge in [0.1, 0.15) is 0 Å². The van der Waals surface area contributed by atoms with Crippen LogP contribution in [-0.2, 0) is 15.8 Å². The number of primary amides is 1. The van der Waals surface area contributed by atoms with Gasteiger partial charge in [0.05, 0.1) is 0 Å². The number of thiol groups is 1. The molecule has 5 nitrogen and oxygen atoms in total. The average molecular weight is 169 g/mol. The van der Waals surface area contributed by atoms with Crippen LogP contribution in [0.25, 0.3) is 0 Å². The predicted octanol–water partition coefficient (Wildman–Crippen LogP) is -0.802. The third-order valence-corrected chi connectivity index (χ3v) is 0.569. The summed E-state index contributed by atoms with van der Waals surface area (Å²) in [4.78, 5) is 9.92. The smallest absolute Gasteiger partial charge is 0.254 e. The molecular formula is C4H11NO4S. The van der Waals surface area contributed by atoms with Crippen molar-refractivity contribution in [1.29, 1.82) is 0 Å². The molecule has 0 spiro atoms. The molecule has 3 N–H and O–H groups in total. The standard InChI is InChI=1S/C4H9NO.H2O3S/c1-3(2)4(5)6;1-4(2)3/h3H,1-2H3,(H2,5,6);4H,(H,1,2,3). The normalized spacial score (nSPS) is 8.90. The summed E-state index contributed by atoms with van der Waals surface area (Å²) in [6.45, 7) is 3.53. The van der Waals surface area contributed by atoms with Crippen LogP contribution >= 0.6 is 0 Å². The Morgan fingerprint density at radius 2 is 1.60 bits per heavy atom. The first-order valence-corrected chi connectivity index (χ1v) is 3.63. The molecule has 0 aromatic heterocycles. The highest BCUT2D eigenvalue weighted by Crippen LogP contribution is 1.84. The van der Waals surface area contributed by atoms with Crippen molar-refractivity contribution >= 4 is 16.9 Å². The largest absolute Gasteiger partial charge is 0.369 e. The van der Waals surface area contributed by atoms with E-state index in [1.807, 2.05) is 0 Å². The van der Waals surface area contributed by atoms with E-state index in [-0.39, 0.29) is 11.8 Å². The van der Waals surface area contributed by atoms with Gasteiger partial charge in [0.15, 0.2) is 0 Å². The van der Waals surface area contributed by atoms with Gasteiger partial charge in [-0.2, -0.15) is 0 Å². The summed E-state index contributed by atoms with van der Waals surface area (Å²) in [7, 11) is -3.12. The van der Waals surface area contributed by atoms with Crippen molar-refractivity contribution in [1.82, 2.24) is 0 Å². The van der Waals surface area contributed by atoms with E-state index in [4.69, 9.17) is 18.7 Å². The van der Waals surface area contributed by atoms with E-state index >= 15 is 0 Å². The van der Waals surface area contributed by atoms with Gasteiger partial charge in [0, 0.05) is 5.92 Å². The van der Waals surface area contributed by atoms with Crippen LogP contribution in [0, 0.1) is 5.92 Å². The highest BCUT2D eigenvalue weighted by molar-refractivity contribution is 7.66. The molecule has 0 bridgehead atoms. The van der Waals surface area contributed by atoms with E-state index < -0.39 is 11.0 Å². The summed E-state index contributed by atoms with van der Waals surface area (Å²) in [6.07, 6.45) is 0. The number of hydrogen-bond acceptors (Lipinski definition) is 3. The second-order valence-electron chi connectivity index (χ2n) is 1.79. The van der Waals surface area contributed by atoms with Crippen LogP contribution in [0.1, 0.15) is 13.8 Å². The Morgan fingerprint density at radius 1 is 1.50 bits per heavy atom. The van der Waals surface area contributed by atoms with E-state index in [1.165, 1.54) is 0 Å². The lowest BCUT2D eigenvalue weighted by atomic mass is 10.2. The monoisotopic (exact) mass is 169 g/mol. The van der Waals surface area contributed by atoms with Crippen molar-refractivity contribution in [2.24, 2.45) is 11.7 Å². The number of nitrogens with two attached hydrogens (primary N) is 1. The molecular weight excluding hydrogens is 158 g/mol. The molecule has 62 valence electrons.